The van der Waals surface area contributed by atoms with Crippen LogP contribution in [0.4, 0.5) is 0 Å². The van der Waals surface area contributed by atoms with Gasteiger partial charge in [0.1, 0.15) is 6.04 Å². The molecule has 0 fully saturated rings. The van der Waals surface area contributed by atoms with Crippen molar-refractivity contribution < 1.29 is 23.1 Å². The Labute approximate surface area is 117 Å². The van der Waals surface area contributed by atoms with Gasteiger partial charge >= 0.3 is 5.97 Å². The minimum atomic E-state index is -3.55. The number of benzene rings is 1. The lowest BCUT2D eigenvalue weighted by Gasteiger charge is -2.12. The molecule has 7 nitrogen and oxygen atoms in total. The van der Waals surface area contributed by atoms with Crippen molar-refractivity contribution in [2.45, 2.75) is 17.9 Å². The van der Waals surface area contributed by atoms with E-state index in [2.05, 4.69) is 5.32 Å². The Balaban J connectivity index is 2.92. The minimum absolute atomic E-state index is 0.0605. The molecule has 0 unspecified atom stereocenters. The zero-order valence-corrected chi connectivity index (χ0v) is 12.1. The second-order valence-electron chi connectivity index (χ2n) is 4.35. The van der Waals surface area contributed by atoms with Gasteiger partial charge < -0.3 is 10.4 Å². The van der Waals surface area contributed by atoms with Crippen LogP contribution in [0.2, 0.25) is 0 Å². The first-order valence-electron chi connectivity index (χ1n) is 5.72. The Morgan fingerprint density at radius 1 is 1.20 bits per heavy atom. The lowest BCUT2D eigenvalue weighted by Crippen LogP contribution is -2.38. The zero-order chi connectivity index (χ0) is 15.5. The van der Waals surface area contributed by atoms with Crippen LogP contribution < -0.4 is 5.32 Å². The Kier molecular flexibility index (Phi) is 4.85. The monoisotopic (exact) mass is 300 g/mol. The first-order chi connectivity index (χ1) is 9.16. The predicted octanol–water partition coefficient (Wildman–Crippen LogP) is 0.140. The van der Waals surface area contributed by atoms with Gasteiger partial charge in [-0.15, -0.1) is 0 Å². The van der Waals surface area contributed by atoms with E-state index in [0.717, 1.165) is 4.31 Å². The van der Waals surface area contributed by atoms with E-state index in [1.165, 1.54) is 45.3 Å². The van der Waals surface area contributed by atoms with Gasteiger partial charge in [-0.1, -0.05) is 0 Å². The highest BCUT2D eigenvalue weighted by Gasteiger charge is 2.19. The summed E-state index contributed by atoms with van der Waals surface area (Å²) in [5, 5.41) is 11.0. The molecule has 1 aromatic rings. The van der Waals surface area contributed by atoms with E-state index in [9.17, 15) is 18.0 Å². The lowest BCUT2D eigenvalue weighted by molar-refractivity contribution is -0.138. The highest BCUT2D eigenvalue weighted by molar-refractivity contribution is 7.89. The zero-order valence-electron chi connectivity index (χ0n) is 11.3. The summed E-state index contributed by atoms with van der Waals surface area (Å²) in [6, 6.07) is 4.25. The van der Waals surface area contributed by atoms with Crippen LogP contribution in [0, 0.1) is 0 Å². The highest BCUT2D eigenvalue weighted by atomic mass is 32.2. The largest absolute Gasteiger partial charge is 0.480 e. The number of nitrogens with zero attached hydrogens (tertiary/aromatic N) is 1. The summed E-state index contributed by atoms with van der Waals surface area (Å²) in [6.45, 7) is 1.34. The van der Waals surface area contributed by atoms with Crippen LogP contribution in [-0.4, -0.2) is 49.8 Å². The van der Waals surface area contributed by atoms with Gasteiger partial charge in [-0.3, -0.25) is 9.59 Å². The van der Waals surface area contributed by atoms with Crippen LogP contribution in [0.15, 0.2) is 29.2 Å². The molecule has 1 rings (SSSR count). The van der Waals surface area contributed by atoms with Crippen LogP contribution in [0.1, 0.15) is 17.3 Å². The molecule has 0 saturated heterocycles. The van der Waals surface area contributed by atoms with Gasteiger partial charge in [0.15, 0.2) is 0 Å². The number of amides is 1. The van der Waals surface area contributed by atoms with Crippen molar-refractivity contribution in [3.8, 4) is 0 Å². The Morgan fingerprint density at radius 3 is 2.10 bits per heavy atom. The summed E-state index contributed by atoms with van der Waals surface area (Å²) in [4.78, 5) is 22.4. The van der Waals surface area contributed by atoms with Gasteiger partial charge in [0.05, 0.1) is 4.90 Å². The minimum Gasteiger partial charge on any atom is -0.480 e. The molecule has 1 atom stereocenters. The molecule has 1 amide bonds. The van der Waals surface area contributed by atoms with Crippen molar-refractivity contribution in [1.82, 2.24) is 9.62 Å². The smallest absolute Gasteiger partial charge is 0.325 e. The molecule has 8 heteroatoms. The number of aliphatic carboxylic acids is 1. The second kappa shape index (κ2) is 6.02. The fraction of sp³-hybridized carbons (Fsp3) is 0.333. The molecule has 0 radical (unpaired) electrons. The first kappa shape index (κ1) is 16.1. The molecule has 1 aromatic carbocycles. The number of carboxylic acids is 1. The van der Waals surface area contributed by atoms with Crippen molar-refractivity contribution in [3.63, 3.8) is 0 Å². The van der Waals surface area contributed by atoms with Crippen molar-refractivity contribution >= 4 is 21.9 Å². The Morgan fingerprint density at radius 2 is 1.70 bits per heavy atom. The van der Waals surface area contributed by atoms with Crippen LogP contribution in [0.5, 0.6) is 0 Å². The van der Waals surface area contributed by atoms with E-state index in [4.69, 9.17) is 5.11 Å². The van der Waals surface area contributed by atoms with E-state index < -0.39 is 27.9 Å². The van der Waals surface area contributed by atoms with E-state index in [1.807, 2.05) is 0 Å². The third-order valence-corrected chi connectivity index (χ3v) is 4.44. The maximum absolute atomic E-state index is 11.8. The van der Waals surface area contributed by atoms with Gasteiger partial charge in [-0.2, -0.15) is 0 Å². The van der Waals surface area contributed by atoms with Gasteiger partial charge in [-0.25, -0.2) is 12.7 Å². The third-order valence-electron chi connectivity index (χ3n) is 2.61. The summed E-state index contributed by atoms with van der Waals surface area (Å²) >= 11 is 0. The van der Waals surface area contributed by atoms with Crippen LogP contribution in [0.25, 0.3) is 0 Å². The average molecular weight is 300 g/mol. The first-order valence-corrected chi connectivity index (χ1v) is 7.16. The van der Waals surface area contributed by atoms with Crippen LogP contribution >= 0.6 is 0 Å². The molecular weight excluding hydrogens is 284 g/mol. The predicted molar refractivity (Wildman–Crippen MR) is 71.9 cm³/mol. The van der Waals surface area contributed by atoms with E-state index >= 15 is 0 Å². The fourth-order valence-electron chi connectivity index (χ4n) is 1.33. The van der Waals surface area contributed by atoms with Crippen molar-refractivity contribution in [1.29, 1.82) is 0 Å². The summed E-state index contributed by atoms with van der Waals surface area (Å²) < 4.78 is 24.7. The molecule has 0 aliphatic rings. The van der Waals surface area contributed by atoms with Crippen molar-refractivity contribution in [3.05, 3.63) is 29.8 Å². The molecule has 20 heavy (non-hydrogen) atoms. The van der Waals surface area contributed by atoms with Gasteiger partial charge in [0.2, 0.25) is 10.0 Å². The maximum atomic E-state index is 11.8. The lowest BCUT2D eigenvalue weighted by atomic mass is 10.2. The molecule has 2 N–H and O–H groups in total. The molecule has 0 saturated carbocycles. The van der Waals surface area contributed by atoms with E-state index in [-0.39, 0.29) is 10.5 Å². The topological polar surface area (TPSA) is 104 Å². The van der Waals surface area contributed by atoms with Crippen LogP contribution in [0.3, 0.4) is 0 Å². The number of rotatable bonds is 5. The fourth-order valence-corrected chi connectivity index (χ4v) is 2.23. The molecule has 0 aliphatic carbocycles. The van der Waals surface area contributed by atoms with Crippen LogP contribution in [-0.2, 0) is 14.8 Å². The van der Waals surface area contributed by atoms with Gasteiger partial charge in [0, 0.05) is 19.7 Å². The standard InChI is InChI=1S/C12H16N2O5S/c1-8(12(16)17)13-11(15)9-4-6-10(7-5-9)20(18,19)14(2)3/h4-8H,1-3H3,(H,13,15)(H,16,17)/t8-/m1/s1. The molecule has 0 aliphatic heterocycles. The van der Waals surface area contributed by atoms with E-state index in [1.54, 1.807) is 0 Å². The number of nitrogens with one attached hydrogen (secondary N) is 1. The Bertz CT molecular complexity index is 607. The highest BCUT2D eigenvalue weighted by Crippen LogP contribution is 2.14. The molecule has 0 bridgehead atoms. The number of carboxylic acid groups (broad SMARTS) is 1. The number of carbonyl (C=O) groups is 2. The van der Waals surface area contributed by atoms with Gasteiger partial charge in [-0.05, 0) is 31.2 Å². The summed E-state index contributed by atoms with van der Waals surface area (Å²) in [6.07, 6.45) is 0. The quantitative estimate of drug-likeness (QED) is 0.805. The summed E-state index contributed by atoms with van der Waals surface area (Å²) in [5.74, 6) is -1.72. The van der Waals surface area contributed by atoms with Crippen molar-refractivity contribution in [2.24, 2.45) is 0 Å². The molecule has 0 spiro atoms. The number of carbonyl (C=O) groups excluding carboxylic acids is 1. The summed E-state index contributed by atoms with van der Waals surface area (Å²) in [5.41, 5.74) is 0.191. The summed E-state index contributed by atoms with van der Waals surface area (Å²) in [7, 11) is -0.734. The second-order valence-corrected chi connectivity index (χ2v) is 6.50. The number of hydrogen-bond donors (Lipinski definition) is 2. The number of hydrogen-bond acceptors (Lipinski definition) is 4. The maximum Gasteiger partial charge on any atom is 0.325 e. The normalized spacial score (nSPS) is 13.0. The average Bonchev–Trinajstić information content (AvgIpc) is 2.38. The molecular formula is C12H16N2O5S. The molecule has 0 aromatic heterocycles. The molecule has 110 valence electrons. The van der Waals surface area contributed by atoms with E-state index in [0.29, 0.717) is 0 Å². The van der Waals surface area contributed by atoms with Crippen molar-refractivity contribution in [2.75, 3.05) is 14.1 Å². The Hall–Kier alpha value is -1.93. The molecule has 0 heterocycles. The number of sulfonamides is 1. The van der Waals surface area contributed by atoms with Gasteiger partial charge in [0.25, 0.3) is 5.91 Å². The third kappa shape index (κ3) is 3.55. The SMILES string of the molecule is C[C@@H](NC(=O)c1ccc(S(=O)(=O)N(C)C)cc1)C(=O)O.